The van der Waals surface area contributed by atoms with Gasteiger partial charge in [0.05, 0.1) is 11.5 Å². The molecule has 1 aliphatic rings. The Morgan fingerprint density at radius 2 is 1.86 bits per heavy atom. The number of rotatable bonds is 5. The van der Waals surface area contributed by atoms with Gasteiger partial charge in [-0.3, -0.25) is 4.98 Å². The number of benzene rings is 1. The van der Waals surface area contributed by atoms with Crippen molar-refractivity contribution in [3.63, 3.8) is 0 Å². The summed E-state index contributed by atoms with van der Waals surface area (Å²) in [6.07, 6.45) is 8.78. The third-order valence-electron chi connectivity index (χ3n) is 5.64. The molecule has 0 aliphatic heterocycles. The fourth-order valence-corrected chi connectivity index (χ4v) is 4.07. The van der Waals surface area contributed by atoms with Gasteiger partial charge in [-0.2, -0.15) is 5.26 Å². The molecule has 0 amide bonds. The molecule has 0 bridgehead atoms. The van der Waals surface area contributed by atoms with E-state index in [2.05, 4.69) is 21.5 Å². The monoisotopic (exact) mass is 392 g/mol. The molecule has 0 atom stereocenters. The topological polar surface area (TPSA) is 74.7 Å². The van der Waals surface area contributed by atoms with Crippen LogP contribution in [0.2, 0.25) is 5.02 Å². The number of aromatic nitrogens is 2. The van der Waals surface area contributed by atoms with E-state index < -0.39 is 5.41 Å². The van der Waals surface area contributed by atoms with Crippen LogP contribution in [0.5, 0.6) is 0 Å². The van der Waals surface area contributed by atoms with Crippen LogP contribution in [0.25, 0.3) is 11.1 Å². The zero-order valence-corrected chi connectivity index (χ0v) is 16.2. The third kappa shape index (κ3) is 3.80. The zero-order chi connectivity index (χ0) is 19.4. The smallest absolute Gasteiger partial charge is 0.131 e. The lowest BCUT2D eigenvalue weighted by Crippen LogP contribution is -2.39. The normalized spacial score (nSPS) is 21.9. The van der Waals surface area contributed by atoms with Gasteiger partial charge in [0, 0.05) is 35.6 Å². The Morgan fingerprint density at radius 1 is 1.14 bits per heavy atom. The molecule has 6 heteroatoms. The second-order valence-electron chi connectivity index (χ2n) is 7.27. The molecular formula is C22H21ClN4O. The van der Waals surface area contributed by atoms with Gasteiger partial charge in [0.25, 0.3) is 0 Å². The van der Waals surface area contributed by atoms with Crippen LogP contribution < -0.4 is 5.32 Å². The molecule has 3 aromatic rings. The van der Waals surface area contributed by atoms with Gasteiger partial charge in [-0.05, 0) is 61.1 Å². The van der Waals surface area contributed by atoms with Crippen LogP contribution in [0.3, 0.4) is 0 Å². The third-order valence-corrected chi connectivity index (χ3v) is 5.90. The zero-order valence-electron chi connectivity index (χ0n) is 15.4. The van der Waals surface area contributed by atoms with Crippen molar-refractivity contribution in [2.24, 2.45) is 0 Å². The van der Waals surface area contributed by atoms with Crippen molar-refractivity contribution < 1.29 is 4.52 Å². The van der Waals surface area contributed by atoms with E-state index in [1.165, 1.54) is 0 Å². The van der Waals surface area contributed by atoms with E-state index in [1.807, 2.05) is 36.4 Å². The van der Waals surface area contributed by atoms with Gasteiger partial charge in [-0.1, -0.05) is 28.9 Å². The van der Waals surface area contributed by atoms with Crippen molar-refractivity contribution in [3.05, 3.63) is 71.3 Å². The fraction of sp³-hybridized carbons (Fsp3) is 0.318. The van der Waals surface area contributed by atoms with Crippen molar-refractivity contribution in [2.45, 2.75) is 43.7 Å². The molecule has 0 radical (unpaired) electrons. The molecular weight excluding hydrogens is 372 g/mol. The summed E-state index contributed by atoms with van der Waals surface area (Å²) >= 11 is 5.98. The largest absolute Gasteiger partial charge is 0.364 e. The van der Waals surface area contributed by atoms with Gasteiger partial charge < -0.3 is 9.84 Å². The van der Waals surface area contributed by atoms with E-state index in [0.29, 0.717) is 17.6 Å². The molecule has 142 valence electrons. The molecule has 1 aromatic carbocycles. The average molecular weight is 393 g/mol. The van der Waals surface area contributed by atoms with Gasteiger partial charge in [0.2, 0.25) is 0 Å². The number of halogens is 1. The molecule has 28 heavy (non-hydrogen) atoms. The van der Waals surface area contributed by atoms with E-state index in [1.54, 1.807) is 18.7 Å². The Kier molecular flexibility index (Phi) is 5.43. The number of hydrogen-bond donors (Lipinski definition) is 1. The summed E-state index contributed by atoms with van der Waals surface area (Å²) in [5.41, 5.74) is 3.57. The number of nitrogens with one attached hydrogen (secondary N) is 1. The maximum absolute atomic E-state index is 9.82. The molecule has 4 rings (SSSR count). The molecule has 1 N–H and O–H groups in total. The Balaban J connectivity index is 1.39. The maximum atomic E-state index is 9.82. The molecule has 0 unspecified atom stereocenters. The van der Waals surface area contributed by atoms with Crippen LogP contribution in [0, 0.1) is 11.3 Å². The second-order valence-corrected chi connectivity index (χ2v) is 7.70. The summed E-state index contributed by atoms with van der Waals surface area (Å²) in [6, 6.07) is 14.5. The van der Waals surface area contributed by atoms with Crippen molar-refractivity contribution in [1.29, 1.82) is 5.26 Å². The minimum Gasteiger partial charge on any atom is -0.364 e. The van der Waals surface area contributed by atoms with Gasteiger partial charge in [-0.25, -0.2) is 0 Å². The second kappa shape index (κ2) is 8.14. The Bertz CT molecular complexity index is 954. The number of pyridine rings is 1. The van der Waals surface area contributed by atoms with Crippen molar-refractivity contribution in [3.8, 4) is 17.2 Å². The first-order chi connectivity index (χ1) is 13.7. The van der Waals surface area contributed by atoms with E-state index in [-0.39, 0.29) is 0 Å². The average Bonchev–Trinajstić information content (AvgIpc) is 3.22. The van der Waals surface area contributed by atoms with Crippen LogP contribution in [0.15, 0.2) is 59.6 Å². The van der Waals surface area contributed by atoms with Gasteiger partial charge >= 0.3 is 0 Å². The molecule has 5 nitrogen and oxygen atoms in total. The van der Waals surface area contributed by atoms with Crippen LogP contribution >= 0.6 is 11.6 Å². The molecule has 1 aliphatic carbocycles. The summed E-state index contributed by atoms with van der Waals surface area (Å²) in [5.74, 6) is 0. The lowest BCUT2D eigenvalue weighted by atomic mass is 9.69. The van der Waals surface area contributed by atoms with Crippen molar-refractivity contribution >= 4 is 11.6 Å². The summed E-state index contributed by atoms with van der Waals surface area (Å²) in [7, 11) is 0. The molecule has 0 saturated heterocycles. The first kappa shape index (κ1) is 18.7. The summed E-state index contributed by atoms with van der Waals surface area (Å²) in [4.78, 5) is 4.07. The first-order valence-corrected chi connectivity index (χ1v) is 9.82. The first-order valence-electron chi connectivity index (χ1n) is 9.44. The van der Waals surface area contributed by atoms with Gasteiger partial charge in [0.1, 0.15) is 12.0 Å². The molecule has 2 heterocycles. The van der Waals surface area contributed by atoms with Crippen LogP contribution in [0.4, 0.5) is 0 Å². The Morgan fingerprint density at radius 3 is 2.54 bits per heavy atom. The number of nitriles is 1. The highest BCUT2D eigenvalue weighted by atomic mass is 35.5. The minimum atomic E-state index is -0.399. The molecule has 1 fully saturated rings. The molecule has 0 spiro atoms. The maximum Gasteiger partial charge on any atom is 0.131 e. The van der Waals surface area contributed by atoms with Crippen molar-refractivity contribution in [1.82, 2.24) is 15.5 Å². The number of nitrogens with zero attached hydrogens (tertiary/aromatic N) is 3. The number of hydrogen-bond acceptors (Lipinski definition) is 5. The summed E-state index contributed by atoms with van der Waals surface area (Å²) in [5, 5.41) is 18.3. The SMILES string of the molecule is N#CC1(c2ccncc2)CCC(NCc2nocc2-c2ccc(Cl)cc2)CC1. The fourth-order valence-electron chi connectivity index (χ4n) is 3.94. The quantitative estimate of drug-likeness (QED) is 0.669. The Hall–Kier alpha value is -2.68. The lowest BCUT2D eigenvalue weighted by molar-refractivity contribution is 0.292. The molecule has 2 aromatic heterocycles. The summed E-state index contributed by atoms with van der Waals surface area (Å²) < 4.78 is 5.21. The lowest BCUT2D eigenvalue weighted by Gasteiger charge is -2.35. The minimum absolute atomic E-state index is 0.359. The highest BCUT2D eigenvalue weighted by Gasteiger charge is 2.37. The summed E-state index contributed by atoms with van der Waals surface area (Å²) in [6.45, 7) is 0.633. The highest BCUT2D eigenvalue weighted by molar-refractivity contribution is 6.30. The van der Waals surface area contributed by atoms with E-state index >= 15 is 0 Å². The van der Waals surface area contributed by atoms with Crippen LogP contribution in [-0.4, -0.2) is 16.2 Å². The predicted molar refractivity (Wildman–Crippen MR) is 108 cm³/mol. The van der Waals surface area contributed by atoms with Gasteiger partial charge in [0.15, 0.2) is 0 Å². The molecule has 1 saturated carbocycles. The Labute approximate surface area is 169 Å². The van der Waals surface area contributed by atoms with Crippen molar-refractivity contribution in [2.75, 3.05) is 0 Å². The predicted octanol–water partition coefficient (Wildman–Crippen LogP) is 4.88. The standard InChI is InChI=1S/C22H21ClN4O/c23-18-3-1-16(2-4-18)20-14-28-27-21(20)13-26-19-5-9-22(15-24,10-6-19)17-7-11-25-12-8-17/h1-4,7-8,11-12,14,19,26H,5-6,9-10,13H2. The highest BCUT2D eigenvalue weighted by Crippen LogP contribution is 2.39. The van der Waals surface area contributed by atoms with Crippen LogP contribution in [0.1, 0.15) is 36.9 Å². The van der Waals surface area contributed by atoms with Crippen LogP contribution in [-0.2, 0) is 12.0 Å². The van der Waals surface area contributed by atoms with E-state index in [0.717, 1.165) is 48.1 Å². The van der Waals surface area contributed by atoms with Gasteiger partial charge in [-0.15, -0.1) is 0 Å². The van der Waals surface area contributed by atoms with E-state index in [4.69, 9.17) is 16.1 Å². The van der Waals surface area contributed by atoms with E-state index in [9.17, 15) is 5.26 Å².